The number of rotatable bonds is 2. The summed E-state index contributed by atoms with van der Waals surface area (Å²) in [6.07, 6.45) is 2.03. The molecule has 1 aromatic rings. The maximum Gasteiger partial charge on any atom is 0.134 e. The Labute approximate surface area is 63.2 Å². The first-order valence-electron chi connectivity index (χ1n) is 3.67. The van der Waals surface area contributed by atoms with Gasteiger partial charge in [0.05, 0.1) is 0 Å². The summed E-state index contributed by atoms with van der Waals surface area (Å²) in [6, 6.07) is 0. The van der Waals surface area contributed by atoms with Crippen molar-refractivity contribution in [3.8, 4) is 5.48 Å². The van der Waals surface area contributed by atoms with Gasteiger partial charge in [0.2, 0.25) is 0 Å². The minimum Gasteiger partial charge on any atom is -0.504 e. The third-order valence-corrected chi connectivity index (χ3v) is 2.86. The molecule has 1 atom stereocenters. The van der Waals surface area contributed by atoms with Gasteiger partial charge in [-0.3, -0.25) is 0 Å². The van der Waals surface area contributed by atoms with Crippen LogP contribution >= 0.6 is 8.19 Å². The average Bonchev–Trinajstić information content (AvgIpc) is 2.30. The first kappa shape index (κ1) is 7.68. The highest BCUT2D eigenvalue weighted by Crippen LogP contribution is 2.33. The summed E-state index contributed by atoms with van der Waals surface area (Å²) < 4.78 is 0. The molecule has 1 nitrogen and oxygen atoms in total. The zero-order valence-corrected chi connectivity index (χ0v) is 7.44. The summed E-state index contributed by atoms with van der Waals surface area (Å²) in [5, 5.41) is 9.33. The van der Waals surface area contributed by atoms with Crippen LogP contribution in [-0.4, -0.2) is 5.11 Å². The molecule has 0 bridgehead atoms. The second-order valence-electron chi connectivity index (χ2n) is 2.35. The maximum absolute atomic E-state index is 9.33. The molecule has 0 aliphatic heterocycles. The van der Waals surface area contributed by atoms with Crippen LogP contribution in [0.1, 0.15) is 25.0 Å². The standard InChI is InChI=1S/C8H13OP/c1-3-6-5-10-8(9)7(6)4-2/h5,9-10H,3-4H2,1-2H3. The lowest BCUT2D eigenvalue weighted by Crippen LogP contribution is -1.83. The number of hydrogen-bond acceptors (Lipinski definition) is 1. The van der Waals surface area contributed by atoms with Gasteiger partial charge in [-0.05, 0) is 24.2 Å². The van der Waals surface area contributed by atoms with E-state index in [1.165, 1.54) is 11.1 Å². The Kier molecular flexibility index (Phi) is 2.39. The third-order valence-electron chi connectivity index (χ3n) is 1.79. The van der Waals surface area contributed by atoms with Crippen LogP contribution in [0.25, 0.3) is 0 Å². The van der Waals surface area contributed by atoms with Crippen LogP contribution in [0, 0.1) is 0 Å². The van der Waals surface area contributed by atoms with Gasteiger partial charge < -0.3 is 5.11 Å². The van der Waals surface area contributed by atoms with Gasteiger partial charge >= 0.3 is 0 Å². The summed E-state index contributed by atoms with van der Waals surface area (Å²) in [6.45, 7) is 4.22. The highest BCUT2D eigenvalue weighted by Gasteiger charge is 2.04. The minimum atomic E-state index is 0.530. The minimum absolute atomic E-state index is 0.530. The predicted octanol–water partition coefficient (Wildman–Crippen LogP) is 2.55. The number of aryl methyl sites for hydroxylation is 1. The molecule has 0 fully saturated rings. The number of aromatic hydroxyl groups is 1. The Morgan fingerprint density at radius 3 is 2.50 bits per heavy atom. The van der Waals surface area contributed by atoms with Crippen molar-refractivity contribution in [2.75, 3.05) is 0 Å². The SMILES string of the molecule is CCc1c[pH]c(O)c1CC. The molecule has 0 saturated heterocycles. The van der Waals surface area contributed by atoms with Crippen LogP contribution in [0.15, 0.2) is 5.80 Å². The van der Waals surface area contributed by atoms with Gasteiger partial charge in [-0.25, -0.2) is 0 Å². The van der Waals surface area contributed by atoms with Gasteiger partial charge in [-0.1, -0.05) is 22.0 Å². The molecule has 1 aromatic heterocycles. The molecule has 1 rings (SSSR count). The van der Waals surface area contributed by atoms with Crippen molar-refractivity contribution in [2.45, 2.75) is 26.7 Å². The Morgan fingerprint density at radius 1 is 1.40 bits per heavy atom. The second kappa shape index (κ2) is 3.12. The van der Waals surface area contributed by atoms with Crippen molar-refractivity contribution in [1.82, 2.24) is 0 Å². The summed E-state index contributed by atoms with van der Waals surface area (Å²) in [5.41, 5.74) is 3.14. The van der Waals surface area contributed by atoms with E-state index in [1.807, 2.05) is 0 Å². The van der Waals surface area contributed by atoms with E-state index in [9.17, 15) is 5.11 Å². The van der Waals surface area contributed by atoms with Crippen molar-refractivity contribution >= 4 is 8.19 Å². The lowest BCUT2D eigenvalue weighted by atomic mass is 10.1. The van der Waals surface area contributed by atoms with Crippen molar-refractivity contribution in [2.24, 2.45) is 0 Å². The van der Waals surface area contributed by atoms with Gasteiger partial charge in [-0.2, -0.15) is 0 Å². The summed E-state index contributed by atoms with van der Waals surface area (Å²) in [5.74, 6) is 2.15. The molecule has 2 heteroatoms. The maximum atomic E-state index is 9.33. The van der Waals surface area contributed by atoms with E-state index in [1.54, 1.807) is 0 Å². The third kappa shape index (κ3) is 1.19. The van der Waals surface area contributed by atoms with Gasteiger partial charge in [0.15, 0.2) is 0 Å². The van der Waals surface area contributed by atoms with Crippen LogP contribution in [0.2, 0.25) is 0 Å². The molecule has 10 heavy (non-hydrogen) atoms. The number of hydrogen-bond donors (Lipinski definition) is 1. The molecule has 0 aliphatic carbocycles. The van der Waals surface area contributed by atoms with Crippen molar-refractivity contribution in [3.63, 3.8) is 0 Å². The molecule has 1 N–H and O–H groups in total. The van der Waals surface area contributed by atoms with Gasteiger partial charge in [-0.15, -0.1) is 0 Å². The summed E-state index contributed by atoms with van der Waals surface area (Å²) in [4.78, 5) is 0. The van der Waals surface area contributed by atoms with E-state index >= 15 is 0 Å². The zero-order valence-electron chi connectivity index (χ0n) is 6.44. The van der Waals surface area contributed by atoms with Crippen LogP contribution < -0.4 is 0 Å². The normalized spacial score (nSPS) is 11.0. The largest absolute Gasteiger partial charge is 0.504 e. The smallest absolute Gasteiger partial charge is 0.134 e. The van der Waals surface area contributed by atoms with Gasteiger partial charge in [0.25, 0.3) is 0 Å². The second-order valence-corrected chi connectivity index (χ2v) is 3.40. The fourth-order valence-electron chi connectivity index (χ4n) is 1.19. The summed E-state index contributed by atoms with van der Waals surface area (Å²) >= 11 is 0. The molecule has 0 spiro atoms. The molecular weight excluding hydrogens is 143 g/mol. The van der Waals surface area contributed by atoms with E-state index in [4.69, 9.17) is 0 Å². The highest BCUT2D eigenvalue weighted by molar-refractivity contribution is 7.32. The van der Waals surface area contributed by atoms with Crippen LogP contribution in [0.5, 0.6) is 5.48 Å². The van der Waals surface area contributed by atoms with E-state index in [2.05, 4.69) is 19.6 Å². The fraction of sp³-hybridized carbons (Fsp3) is 0.500. The Bertz CT molecular complexity index is 215. The quantitative estimate of drug-likeness (QED) is 0.697. The van der Waals surface area contributed by atoms with E-state index in [0.29, 0.717) is 13.7 Å². The molecule has 1 heterocycles. The first-order valence-corrected chi connectivity index (χ1v) is 4.75. The lowest BCUT2D eigenvalue weighted by Gasteiger charge is -1.96. The zero-order chi connectivity index (χ0) is 7.56. The van der Waals surface area contributed by atoms with E-state index < -0.39 is 0 Å². The molecule has 0 saturated carbocycles. The van der Waals surface area contributed by atoms with Crippen LogP contribution in [0.4, 0.5) is 0 Å². The topological polar surface area (TPSA) is 20.2 Å². The Hall–Kier alpha value is -0.420. The lowest BCUT2D eigenvalue weighted by molar-refractivity contribution is 0.484. The van der Waals surface area contributed by atoms with E-state index in [-0.39, 0.29) is 0 Å². The monoisotopic (exact) mass is 156 g/mol. The molecule has 1 unspecified atom stereocenters. The molecule has 0 aliphatic rings. The van der Waals surface area contributed by atoms with E-state index in [0.717, 1.165) is 12.8 Å². The van der Waals surface area contributed by atoms with Crippen molar-refractivity contribution in [3.05, 3.63) is 16.9 Å². The Balaban J connectivity index is 3.01. The average molecular weight is 156 g/mol. The highest BCUT2D eigenvalue weighted by atomic mass is 31.0. The van der Waals surface area contributed by atoms with Gasteiger partial charge in [0, 0.05) is 5.56 Å². The molecule has 0 radical (unpaired) electrons. The van der Waals surface area contributed by atoms with Gasteiger partial charge in [0.1, 0.15) is 5.48 Å². The fourth-order valence-corrected chi connectivity index (χ4v) is 2.39. The summed E-state index contributed by atoms with van der Waals surface area (Å²) in [7, 11) is 0.530. The van der Waals surface area contributed by atoms with Crippen LogP contribution in [0.3, 0.4) is 0 Å². The van der Waals surface area contributed by atoms with Crippen molar-refractivity contribution < 1.29 is 5.11 Å². The molecule has 0 amide bonds. The molecule has 0 aromatic carbocycles. The predicted molar refractivity (Wildman–Crippen MR) is 46.4 cm³/mol. The molecule has 56 valence electrons. The van der Waals surface area contributed by atoms with Crippen molar-refractivity contribution in [1.29, 1.82) is 0 Å². The Morgan fingerprint density at radius 2 is 2.10 bits per heavy atom. The van der Waals surface area contributed by atoms with Crippen LogP contribution in [-0.2, 0) is 12.8 Å². The first-order chi connectivity index (χ1) is 4.79. The molecular formula is C8H13OP.